The average Bonchev–Trinajstić information content (AvgIpc) is 3.17. The molecule has 4 rings (SSSR count). The van der Waals surface area contributed by atoms with E-state index in [0.717, 1.165) is 0 Å². The van der Waals surface area contributed by atoms with Gasteiger partial charge in [0.25, 0.3) is 0 Å². The topological polar surface area (TPSA) is 8.81 Å². The van der Waals surface area contributed by atoms with Crippen LogP contribution in [0.4, 0.5) is 0 Å². The molecule has 1 unspecified atom stereocenters. The van der Waals surface area contributed by atoms with Crippen LogP contribution in [0.3, 0.4) is 0 Å². The molecule has 0 fully saturated rings. The second-order valence-corrected chi connectivity index (χ2v) is 6.22. The second-order valence-electron chi connectivity index (χ2n) is 6.22. The number of aryl methyl sites for hydroxylation is 3. The number of nitrogens with zero attached hydrogens (tertiary/aromatic N) is 2. The normalized spacial score (nSPS) is 14.8. The number of aromatic nitrogens is 2. The lowest BCUT2D eigenvalue weighted by atomic mass is 9.95. The minimum atomic E-state index is 0.244. The maximum absolute atomic E-state index is 2.42. The molecule has 0 aliphatic heterocycles. The van der Waals surface area contributed by atoms with Crippen LogP contribution in [0, 0.1) is 0 Å². The molecule has 22 heavy (non-hydrogen) atoms. The summed E-state index contributed by atoms with van der Waals surface area (Å²) < 4.78 is 4.40. The van der Waals surface area contributed by atoms with Crippen LogP contribution >= 0.6 is 0 Å². The first-order chi connectivity index (χ1) is 10.8. The summed E-state index contributed by atoms with van der Waals surface area (Å²) in [5.41, 5.74) is 5.78. The van der Waals surface area contributed by atoms with Crippen molar-refractivity contribution in [1.29, 1.82) is 0 Å². The van der Waals surface area contributed by atoms with Gasteiger partial charge in [-0.15, -0.1) is 0 Å². The third kappa shape index (κ3) is 2.35. The van der Waals surface area contributed by atoms with Crippen LogP contribution in [0.25, 0.3) is 0 Å². The van der Waals surface area contributed by atoms with Gasteiger partial charge in [-0.25, -0.2) is 9.13 Å². The molecular weight excluding hydrogens is 268 g/mol. The van der Waals surface area contributed by atoms with Gasteiger partial charge >= 0.3 is 0 Å². The third-order valence-corrected chi connectivity index (χ3v) is 4.64. The van der Waals surface area contributed by atoms with Gasteiger partial charge in [-0.1, -0.05) is 48.5 Å². The first-order valence-corrected chi connectivity index (χ1v) is 8.00. The molecule has 110 valence electrons. The number of hydrogen-bond acceptors (Lipinski definition) is 0. The molecule has 1 aromatic heterocycles. The fraction of sp³-hybridized carbons (Fsp3) is 0.250. The predicted molar refractivity (Wildman–Crippen MR) is 87.8 cm³/mol. The lowest BCUT2D eigenvalue weighted by Gasteiger charge is -2.16. The summed E-state index contributed by atoms with van der Waals surface area (Å²) in [6.07, 6.45) is 10.2. The Hall–Kier alpha value is -2.35. The van der Waals surface area contributed by atoms with Gasteiger partial charge in [-0.3, -0.25) is 0 Å². The highest BCUT2D eigenvalue weighted by molar-refractivity contribution is 5.40. The lowest BCUT2D eigenvalue weighted by molar-refractivity contribution is -0.671. The largest absolute Gasteiger partial charge is 0.244 e. The van der Waals surface area contributed by atoms with Gasteiger partial charge in [0.1, 0.15) is 12.4 Å². The molecule has 2 heteroatoms. The Kier molecular flexibility index (Phi) is 3.30. The summed E-state index contributed by atoms with van der Waals surface area (Å²) in [4.78, 5) is 0. The zero-order valence-corrected chi connectivity index (χ0v) is 12.9. The van der Waals surface area contributed by atoms with Crippen molar-refractivity contribution in [2.75, 3.05) is 0 Å². The van der Waals surface area contributed by atoms with Crippen molar-refractivity contribution in [2.45, 2.75) is 25.3 Å². The first kappa shape index (κ1) is 13.3. The van der Waals surface area contributed by atoms with Gasteiger partial charge in [0.05, 0.1) is 7.05 Å². The van der Waals surface area contributed by atoms with Gasteiger partial charge in [-0.05, 0) is 30.4 Å². The van der Waals surface area contributed by atoms with Gasteiger partial charge in [0.15, 0.2) is 6.04 Å². The summed E-state index contributed by atoms with van der Waals surface area (Å²) in [5, 5.41) is 0. The summed E-state index contributed by atoms with van der Waals surface area (Å²) in [5.74, 6) is 0. The molecule has 1 heterocycles. The summed E-state index contributed by atoms with van der Waals surface area (Å²) >= 11 is 0. The SMILES string of the molecule is C[n+]1ccn(C(c2ccccc2)c2ccc3c(c2)CCC3)c1. The van der Waals surface area contributed by atoms with E-state index in [1.165, 1.54) is 41.5 Å². The number of fused-ring (bicyclic) bond motifs is 1. The molecule has 0 spiro atoms. The molecule has 1 aliphatic carbocycles. The van der Waals surface area contributed by atoms with Crippen LogP contribution in [0.1, 0.15) is 34.7 Å². The van der Waals surface area contributed by atoms with E-state index in [1.807, 2.05) is 0 Å². The summed E-state index contributed by atoms with van der Waals surface area (Å²) in [6, 6.07) is 18.1. The van der Waals surface area contributed by atoms with E-state index in [-0.39, 0.29) is 6.04 Å². The molecule has 0 N–H and O–H groups in total. The zero-order valence-electron chi connectivity index (χ0n) is 12.9. The maximum atomic E-state index is 2.42. The fourth-order valence-electron chi connectivity index (χ4n) is 3.56. The van der Waals surface area contributed by atoms with E-state index < -0.39 is 0 Å². The Morgan fingerprint density at radius 3 is 2.55 bits per heavy atom. The van der Waals surface area contributed by atoms with E-state index in [9.17, 15) is 0 Å². The molecule has 0 amide bonds. The highest BCUT2D eigenvalue weighted by atomic mass is 15.1. The zero-order chi connectivity index (χ0) is 14.9. The van der Waals surface area contributed by atoms with E-state index in [0.29, 0.717) is 0 Å². The van der Waals surface area contributed by atoms with Crippen LogP contribution in [-0.2, 0) is 19.9 Å². The molecular formula is C20H21N2+. The quantitative estimate of drug-likeness (QED) is 0.653. The minimum absolute atomic E-state index is 0.244. The minimum Gasteiger partial charge on any atom is -0.240 e. The van der Waals surface area contributed by atoms with E-state index >= 15 is 0 Å². The van der Waals surface area contributed by atoms with Crippen molar-refractivity contribution in [3.8, 4) is 0 Å². The second kappa shape index (κ2) is 5.45. The molecule has 0 saturated heterocycles. The maximum Gasteiger partial charge on any atom is 0.244 e. The molecule has 3 aromatic rings. The number of rotatable bonds is 3. The van der Waals surface area contributed by atoms with E-state index in [4.69, 9.17) is 0 Å². The van der Waals surface area contributed by atoms with Crippen molar-refractivity contribution in [3.63, 3.8) is 0 Å². The van der Waals surface area contributed by atoms with Gasteiger partial charge < -0.3 is 0 Å². The van der Waals surface area contributed by atoms with E-state index in [1.54, 1.807) is 0 Å². The first-order valence-electron chi connectivity index (χ1n) is 8.00. The van der Waals surface area contributed by atoms with Crippen molar-refractivity contribution >= 4 is 0 Å². The van der Waals surface area contributed by atoms with Crippen molar-refractivity contribution < 1.29 is 4.57 Å². The molecule has 1 atom stereocenters. The standard InChI is InChI=1S/C20H21N2/c1-21-12-13-22(15-21)20(17-6-3-2-4-7-17)19-11-10-16-8-5-9-18(16)14-19/h2-4,6-7,10-15,20H,5,8-9H2,1H3/q+1. The van der Waals surface area contributed by atoms with Crippen LogP contribution in [-0.4, -0.2) is 4.57 Å². The molecule has 0 radical (unpaired) electrons. The third-order valence-electron chi connectivity index (χ3n) is 4.64. The Balaban J connectivity index is 1.84. The molecule has 2 aromatic carbocycles. The average molecular weight is 289 g/mol. The van der Waals surface area contributed by atoms with Crippen LogP contribution in [0.5, 0.6) is 0 Å². The molecule has 0 bridgehead atoms. The fourth-order valence-corrected chi connectivity index (χ4v) is 3.56. The molecule has 2 nitrogen and oxygen atoms in total. The van der Waals surface area contributed by atoms with Crippen molar-refractivity contribution in [1.82, 2.24) is 4.57 Å². The smallest absolute Gasteiger partial charge is 0.240 e. The summed E-state index contributed by atoms with van der Waals surface area (Å²) in [7, 11) is 2.07. The lowest BCUT2D eigenvalue weighted by Crippen LogP contribution is -2.24. The molecule has 1 aliphatic rings. The van der Waals surface area contributed by atoms with Crippen molar-refractivity contribution in [3.05, 3.63) is 89.5 Å². The Bertz CT molecular complexity index is 786. The summed E-state index contributed by atoms with van der Waals surface area (Å²) in [6.45, 7) is 0. The van der Waals surface area contributed by atoms with Gasteiger partial charge in [-0.2, -0.15) is 0 Å². The van der Waals surface area contributed by atoms with Crippen LogP contribution < -0.4 is 4.57 Å². The Labute approximate surface area is 131 Å². The number of hydrogen-bond donors (Lipinski definition) is 0. The molecule has 0 saturated carbocycles. The Morgan fingerprint density at radius 1 is 0.955 bits per heavy atom. The number of imidazole rings is 1. The predicted octanol–water partition coefficient (Wildman–Crippen LogP) is 3.44. The number of benzene rings is 2. The highest BCUT2D eigenvalue weighted by Crippen LogP contribution is 2.30. The van der Waals surface area contributed by atoms with Gasteiger partial charge in [0, 0.05) is 11.1 Å². The highest BCUT2D eigenvalue weighted by Gasteiger charge is 2.23. The Morgan fingerprint density at radius 2 is 1.77 bits per heavy atom. The van der Waals surface area contributed by atoms with Crippen LogP contribution in [0.15, 0.2) is 67.3 Å². The monoisotopic (exact) mass is 289 g/mol. The van der Waals surface area contributed by atoms with Crippen molar-refractivity contribution in [2.24, 2.45) is 7.05 Å². The van der Waals surface area contributed by atoms with Gasteiger partial charge in [0.2, 0.25) is 6.33 Å². The van der Waals surface area contributed by atoms with E-state index in [2.05, 4.69) is 83.4 Å². The van der Waals surface area contributed by atoms with Crippen LogP contribution in [0.2, 0.25) is 0 Å².